The van der Waals surface area contributed by atoms with E-state index in [4.69, 9.17) is 9.47 Å². The predicted molar refractivity (Wildman–Crippen MR) is 111 cm³/mol. The monoisotopic (exact) mass is 389 g/mol. The molecule has 5 rings (SSSR count). The Labute approximate surface area is 168 Å². The van der Waals surface area contributed by atoms with Gasteiger partial charge in [-0.25, -0.2) is 4.98 Å². The molecule has 0 radical (unpaired) electrons. The first-order valence-corrected chi connectivity index (χ1v) is 9.92. The van der Waals surface area contributed by atoms with E-state index in [1.807, 2.05) is 48.5 Å². The standard InChI is InChI=1S/C22H23N5O2/c1-2-18(28-11-1)13-23-14-22-25-20-8-7-17(12-21(20)26-22)29-16-5-3-15(4-6-16)19-9-10-24-27-19/h3-10,12,18,23H,1-2,11,13-14H2,(H,24,27)(H,25,26). The van der Waals surface area contributed by atoms with Crippen molar-refractivity contribution in [1.82, 2.24) is 25.5 Å². The third kappa shape index (κ3) is 4.16. The Balaban J connectivity index is 1.23. The van der Waals surface area contributed by atoms with E-state index in [1.54, 1.807) is 6.20 Å². The van der Waals surface area contributed by atoms with Crippen LogP contribution in [0.3, 0.4) is 0 Å². The van der Waals surface area contributed by atoms with Crippen molar-refractivity contribution in [2.75, 3.05) is 13.2 Å². The van der Waals surface area contributed by atoms with Crippen LogP contribution in [-0.4, -0.2) is 39.4 Å². The molecule has 7 heteroatoms. The van der Waals surface area contributed by atoms with Crippen molar-refractivity contribution in [2.45, 2.75) is 25.5 Å². The number of benzene rings is 2. The normalized spacial score (nSPS) is 16.5. The van der Waals surface area contributed by atoms with E-state index in [2.05, 4.69) is 25.5 Å². The average molecular weight is 389 g/mol. The zero-order chi connectivity index (χ0) is 19.5. The molecule has 0 spiro atoms. The lowest BCUT2D eigenvalue weighted by atomic mass is 10.1. The minimum absolute atomic E-state index is 0.332. The van der Waals surface area contributed by atoms with Gasteiger partial charge in [-0.15, -0.1) is 0 Å². The molecular formula is C22H23N5O2. The topological polar surface area (TPSA) is 87.8 Å². The van der Waals surface area contributed by atoms with Gasteiger partial charge in [0.2, 0.25) is 0 Å². The molecule has 1 atom stereocenters. The Morgan fingerprint density at radius 2 is 2.00 bits per heavy atom. The molecule has 2 aromatic heterocycles. The number of rotatable bonds is 7. The Morgan fingerprint density at radius 3 is 2.79 bits per heavy atom. The first kappa shape index (κ1) is 17.9. The zero-order valence-electron chi connectivity index (χ0n) is 16.0. The molecule has 1 aliphatic rings. The molecule has 0 amide bonds. The average Bonchev–Trinajstić information content (AvgIpc) is 3.50. The summed E-state index contributed by atoms with van der Waals surface area (Å²) in [5.41, 5.74) is 3.95. The number of hydrogen-bond donors (Lipinski definition) is 3. The van der Waals surface area contributed by atoms with Crippen LogP contribution in [0.15, 0.2) is 54.7 Å². The summed E-state index contributed by atoms with van der Waals surface area (Å²) in [4.78, 5) is 8.01. The molecule has 0 bridgehead atoms. The molecule has 0 saturated carbocycles. The van der Waals surface area contributed by atoms with Crippen LogP contribution in [0, 0.1) is 0 Å². The highest BCUT2D eigenvalue weighted by atomic mass is 16.5. The lowest BCUT2D eigenvalue weighted by Gasteiger charge is -2.09. The molecular weight excluding hydrogens is 366 g/mol. The minimum atomic E-state index is 0.332. The van der Waals surface area contributed by atoms with Gasteiger partial charge in [-0.2, -0.15) is 5.10 Å². The number of imidazole rings is 1. The van der Waals surface area contributed by atoms with Gasteiger partial charge in [0.1, 0.15) is 17.3 Å². The minimum Gasteiger partial charge on any atom is -0.457 e. The van der Waals surface area contributed by atoms with Crippen molar-refractivity contribution in [1.29, 1.82) is 0 Å². The number of aromatic nitrogens is 4. The second-order valence-corrected chi connectivity index (χ2v) is 7.23. The number of ether oxygens (including phenoxy) is 2. The number of nitrogens with one attached hydrogen (secondary N) is 3. The Bertz CT molecular complexity index is 1070. The smallest absolute Gasteiger partial charge is 0.129 e. The quantitative estimate of drug-likeness (QED) is 0.444. The van der Waals surface area contributed by atoms with Crippen LogP contribution in [0.1, 0.15) is 18.7 Å². The first-order chi connectivity index (χ1) is 14.3. The summed E-state index contributed by atoms with van der Waals surface area (Å²) in [6, 6.07) is 15.8. The molecule has 1 saturated heterocycles. The highest BCUT2D eigenvalue weighted by Crippen LogP contribution is 2.27. The lowest BCUT2D eigenvalue weighted by Crippen LogP contribution is -2.26. The molecule has 1 unspecified atom stereocenters. The molecule has 148 valence electrons. The molecule has 29 heavy (non-hydrogen) atoms. The second kappa shape index (κ2) is 8.06. The van der Waals surface area contributed by atoms with E-state index >= 15 is 0 Å². The van der Waals surface area contributed by atoms with Gasteiger partial charge in [-0.1, -0.05) is 0 Å². The summed E-state index contributed by atoms with van der Waals surface area (Å²) < 4.78 is 11.6. The van der Waals surface area contributed by atoms with Gasteiger partial charge >= 0.3 is 0 Å². The van der Waals surface area contributed by atoms with Gasteiger partial charge in [0.15, 0.2) is 0 Å². The zero-order valence-corrected chi connectivity index (χ0v) is 16.0. The molecule has 2 aromatic carbocycles. The molecule has 0 aliphatic carbocycles. The second-order valence-electron chi connectivity index (χ2n) is 7.23. The van der Waals surface area contributed by atoms with Crippen molar-refractivity contribution < 1.29 is 9.47 Å². The Morgan fingerprint density at radius 1 is 1.10 bits per heavy atom. The summed E-state index contributed by atoms with van der Waals surface area (Å²) >= 11 is 0. The molecule has 1 aliphatic heterocycles. The van der Waals surface area contributed by atoms with Gasteiger partial charge in [0.05, 0.1) is 29.4 Å². The van der Waals surface area contributed by atoms with Crippen molar-refractivity contribution in [3.05, 3.63) is 60.6 Å². The maximum absolute atomic E-state index is 6.01. The van der Waals surface area contributed by atoms with Crippen LogP contribution in [0.25, 0.3) is 22.3 Å². The fourth-order valence-corrected chi connectivity index (χ4v) is 3.60. The van der Waals surface area contributed by atoms with E-state index in [9.17, 15) is 0 Å². The third-order valence-electron chi connectivity index (χ3n) is 5.09. The highest BCUT2D eigenvalue weighted by molar-refractivity contribution is 5.77. The fourth-order valence-electron chi connectivity index (χ4n) is 3.60. The molecule has 7 nitrogen and oxygen atoms in total. The number of fused-ring (bicyclic) bond motifs is 1. The summed E-state index contributed by atoms with van der Waals surface area (Å²) in [7, 11) is 0. The fraction of sp³-hybridized carbons (Fsp3) is 0.273. The maximum atomic E-state index is 6.01. The van der Waals surface area contributed by atoms with Crippen molar-refractivity contribution in [3.63, 3.8) is 0 Å². The Hall–Kier alpha value is -3.16. The van der Waals surface area contributed by atoms with Crippen LogP contribution in [0.5, 0.6) is 11.5 Å². The number of nitrogens with zero attached hydrogens (tertiary/aromatic N) is 2. The number of hydrogen-bond acceptors (Lipinski definition) is 5. The highest BCUT2D eigenvalue weighted by Gasteiger charge is 2.15. The predicted octanol–water partition coefficient (Wildman–Crippen LogP) is 4.01. The molecule has 3 heterocycles. The van der Waals surface area contributed by atoms with Crippen LogP contribution in [0.2, 0.25) is 0 Å². The van der Waals surface area contributed by atoms with E-state index < -0.39 is 0 Å². The largest absolute Gasteiger partial charge is 0.457 e. The van der Waals surface area contributed by atoms with Crippen molar-refractivity contribution >= 4 is 11.0 Å². The summed E-state index contributed by atoms with van der Waals surface area (Å²) in [6.45, 7) is 2.44. The SMILES string of the molecule is c1cc(-c2ccc(Oc3ccc4nc(CNCC5CCCO5)[nH]c4c3)cc2)[nH]n1. The van der Waals surface area contributed by atoms with E-state index in [-0.39, 0.29) is 0 Å². The summed E-state index contributed by atoms with van der Waals surface area (Å²) in [5.74, 6) is 2.47. The van der Waals surface area contributed by atoms with E-state index in [0.717, 1.165) is 65.6 Å². The summed E-state index contributed by atoms with van der Waals surface area (Å²) in [5, 5.41) is 10.4. The van der Waals surface area contributed by atoms with Crippen LogP contribution < -0.4 is 10.1 Å². The molecule has 3 N–H and O–H groups in total. The number of aromatic amines is 2. The van der Waals surface area contributed by atoms with Crippen LogP contribution in [-0.2, 0) is 11.3 Å². The van der Waals surface area contributed by atoms with Crippen molar-refractivity contribution in [3.8, 4) is 22.8 Å². The van der Waals surface area contributed by atoms with E-state index in [0.29, 0.717) is 12.6 Å². The van der Waals surface area contributed by atoms with Gasteiger partial charge in [0.25, 0.3) is 0 Å². The van der Waals surface area contributed by atoms with E-state index in [1.165, 1.54) is 0 Å². The van der Waals surface area contributed by atoms with Gasteiger partial charge in [-0.05, 0) is 60.9 Å². The van der Waals surface area contributed by atoms with Crippen LogP contribution >= 0.6 is 0 Å². The molecule has 4 aromatic rings. The third-order valence-corrected chi connectivity index (χ3v) is 5.09. The Kier molecular flexibility index (Phi) is 4.98. The van der Waals surface area contributed by atoms with Crippen molar-refractivity contribution in [2.24, 2.45) is 0 Å². The van der Waals surface area contributed by atoms with Gasteiger partial charge in [0, 0.05) is 25.4 Å². The molecule has 1 fully saturated rings. The summed E-state index contributed by atoms with van der Waals surface area (Å²) in [6.07, 6.45) is 4.37. The van der Waals surface area contributed by atoms with Crippen LogP contribution in [0.4, 0.5) is 0 Å². The first-order valence-electron chi connectivity index (χ1n) is 9.92. The van der Waals surface area contributed by atoms with Gasteiger partial charge in [-0.3, -0.25) is 5.10 Å². The van der Waals surface area contributed by atoms with Gasteiger partial charge < -0.3 is 19.8 Å². The maximum Gasteiger partial charge on any atom is 0.129 e. The lowest BCUT2D eigenvalue weighted by molar-refractivity contribution is 0.110. The number of H-pyrrole nitrogens is 2.